The van der Waals surface area contributed by atoms with Crippen LogP contribution in [0.1, 0.15) is 43.4 Å². The number of rotatable bonds is 5. The van der Waals surface area contributed by atoms with Crippen molar-refractivity contribution >= 4 is 17.4 Å². The number of nitrogens with one attached hydrogen (secondary N) is 1. The Bertz CT molecular complexity index is 823. The first-order chi connectivity index (χ1) is 11.2. The number of benzene rings is 1. The quantitative estimate of drug-likeness (QED) is 0.767. The Kier molecular flexibility index (Phi) is 3.53. The van der Waals surface area contributed by atoms with Crippen LogP contribution in [-0.4, -0.2) is 19.9 Å². The molecule has 0 spiro atoms. The van der Waals surface area contributed by atoms with Crippen LogP contribution >= 0.6 is 11.6 Å². The first kappa shape index (κ1) is 14.3. The van der Waals surface area contributed by atoms with Crippen molar-refractivity contribution in [2.24, 2.45) is 0 Å². The third-order valence-corrected chi connectivity index (χ3v) is 4.14. The van der Waals surface area contributed by atoms with Gasteiger partial charge in [-0.3, -0.25) is 0 Å². The van der Waals surface area contributed by atoms with Crippen LogP contribution in [0.5, 0.6) is 0 Å². The molecule has 2 aromatic heterocycles. The summed E-state index contributed by atoms with van der Waals surface area (Å²) in [5.41, 5.74) is 0.837. The Morgan fingerprint density at radius 2 is 2.13 bits per heavy atom. The van der Waals surface area contributed by atoms with E-state index in [1.54, 1.807) is 4.68 Å². The van der Waals surface area contributed by atoms with Gasteiger partial charge in [-0.1, -0.05) is 28.9 Å². The van der Waals surface area contributed by atoms with Crippen molar-refractivity contribution in [3.05, 3.63) is 53.3 Å². The molecule has 4 rings (SSSR count). The Morgan fingerprint density at radius 1 is 1.30 bits per heavy atom. The number of aromatic nitrogens is 4. The molecule has 7 heteroatoms. The molecule has 3 aromatic rings. The number of halogens is 1. The van der Waals surface area contributed by atoms with E-state index in [1.165, 1.54) is 0 Å². The lowest BCUT2D eigenvalue weighted by atomic mass is 10.3. The van der Waals surface area contributed by atoms with Gasteiger partial charge in [-0.05, 0) is 31.9 Å². The summed E-state index contributed by atoms with van der Waals surface area (Å²) in [5, 5.41) is 12.5. The lowest BCUT2D eigenvalue weighted by molar-refractivity contribution is 0.362. The SMILES string of the molecule is C[C@H](Nc1ccn(-c2ccccc2Cl)n1)c1nc(C2CC2)no1. The molecule has 1 atom stereocenters. The van der Waals surface area contributed by atoms with Crippen LogP contribution in [-0.2, 0) is 0 Å². The second-order valence-corrected chi connectivity index (χ2v) is 6.14. The fraction of sp³-hybridized carbons (Fsp3) is 0.312. The van der Waals surface area contributed by atoms with Crippen molar-refractivity contribution in [2.45, 2.75) is 31.7 Å². The highest BCUT2D eigenvalue weighted by molar-refractivity contribution is 6.32. The van der Waals surface area contributed by atoms with Gasteiger partial charge in [-0.15, -0.1) is 0 Å². The lowest BCUT2D eigenvalue weighted by Crippen LogP contribution is -2.08. The van der Waals surface area contributed by atoms with Gasteiger partial charge in [0.15, 0.2) is 5.82 Å². The van der Waals surface area contributed by atoms with Crippen LogP contribution in [0.4, 0.5) is 5.82 Å². The van der Waals surface area contributed by atoms with Gasteiger partial charge in [0, 0.05) is 18.2 Å². The minimum absolute atomic E-state index is 0.107. The summed E-state index contributed by atoms with van der Waals surface area (Å²) in [6, 6.07) is 9.36. The summed E-state index contributed by atoms with van der Waals surface area (Å²) in [6.45, 7) is 1.97. The van der Waals surface area contributed by atoms with E-state index in [0.717, 1.165) is 30.2 Å². The zero-order valence-electron chi connectivity index (χ0n) is 12.6. The molecular formula is C16H16ClN5O. The molecule has 118 valence electrons. The molecule has 0 bridgehead atoms. The summed E-state index contributed by atoms with van der Waals surface area (Å²) < 4.78 is 7.07. The van der Waals surface area contributed by atoms with Crippen molar-refractivity contribution < 1.29 is 4.52 Å². The van der Waals surface area contributed by atoms with E-state index in [0.29, 0.717) is 16.8 Å². The minimum atomic E-state index is -0.107. The molecule has 1 aromatic carbocycles. The topological polar surface area (TPSA) is 68.8 Å². The fourth-order valence-electron chi connectivity index (χ4n) is 2.39. The van der Waals surface area contributed by atoms with Crippen LogP contribution < -0.4 is 5.32 Å². The predicted molar refractivity (Wildman–Crippen MR) is 86.9 cm³/mol. The molecule has 1 aliphatic rings. The molecule has 1 fully saturated rings. The van der Waals surface area contributed by atoms with Gasteiger partial charge < -0.3 is 9.84 Å². The summed E-state index contributed by atoms with van der Waals surface area (Å²) >= 11 is 6.19. The smallest absolute Gasteiger partial charge is 0.248 e. The van der Waals surface area contributed by atoms with Gasteiger partial charge in [-0.25, -0.2) is 4.68 Å². The highest BCUT2D eigenvalue weighted by Gasteiger charge is 2.29. The van der Waals surface area contributed by atoms with Crippen LogP contribution in [0, 0.1) is 0 Å². The van der Waals surface area contributed by atoms with Gasteiger partial charge in [0.25, 0.3) is 0 Å². The Hall–Kier alpha value is -2.34. The van der Waals surface area contributed by atoms with E-state index < -0.39 is 0 Å². The van der Waals surface area contributed by atoms with Gasteiger partial charge in [0.05, 0.1) is 10.7 Å². The second-order valence-electron chi connectivity index (χ2n) is 5.73. The highest BCUT2D eigenvalue weighted by atomic mass is 35.5. The van der Waals surface area contributed by atoms with Crippen molar-refractivity contribution in [1.82, 2.24) is 19.9 Å². The van der Waals surface area contributed by atoms with Crippen LogP contribution in [0.15, 0.2) is 41.1 Å². The maximum atomic E-state index is 6.19. The molecule has 1 aliphatic carbocycles. The molecule has 2 heterocycles. The van der Waals surface area contributed by atoms with Gasteiger partial charge in [-0.2, -0.15) is 10.1 Å². The average Bonchev–Trinajstić information content (AvgIpc) is 3.10. The molecule has 0 unspecified atom stereocenters. The van der Waals surface area contributed by atoms with Crippen molar-refractivity contribution in [3.63, 3.8) is 0 Å². The van der Waals surface area contributed by atoms with Crippen molar-refractivity contribution in [3.8, 4) is 5.69 Å². The summed E-state index contributed by atoms with van der Waals surface area (Å²) in [5.74, 6) is 2.61. The summed E-state index contributed by atoms with van der Waals surface area (Å²) in [4.78, 5) is 4.45. The third kappa shape index (κ3) is 2.94. The maximum absolute atomic E-state index is 6.19. The monoisotopic (exact) mass is 329 g/mol. The van der Waals surface area contributed by atoms with Crippen LogP contribution in [0.3, 0.4) is 0 Å². The Labute approximate surface area is 138 Å². The van der Waals surface area contributed by atoms with Crippen LogP contribution in [0.2, 0.25) is 5.02 Å². The molecule has 0 saturated heterocycles. The third-order valence-electron chi connectivity index (χ3n) is 3.82. The standard InChI is InChI=1S/C16H16ClN5O/c1-10(16-19-15(21-23-16)11-6-7-11)18-14-8-9-22(20-14)13-5-3-2-4-12(13)17/h2-5,8-11H,6-7H2,1H3,(H,18,20)/t10-/m0/s1. The number of hydrogen-bond acceptors (Lipinski definition) is 5. The zero-order valence-corrected chi connectivity index (χ0v) is 13.4. The van der Waals surface area contributed by atoms with Crippen LogP contribution in [0.25, 0.3) is 5.69 Å². The molecule has 0 aliphatic heterocycles. The summed E-state index contributed by atoms with van der Waals surface area (Å²) in [7, 11) is 0. The second kappa shape index (κ2) is 5.70. The molecule has 6 nitrogen and oxygen atoms in total. The fourth-order valence-corrected chi connectivity index (χ4v) is 2.61. The lowest BCUT2D eigenvalue weighted by Gasteiger charge is -2.08. The minimum Gasteiger partial charge on any atom is -0.357 e. The first-order valence-corrected chi connectivity index (χ1v) is 7.99. The van der Waals surface area contributed by atoms with E-state index in [9.17, 15) is 0 Å². The van der Waals surface area contributed by atoms with Gasteiger partial charge in [0.1, 0.15) is 11.9 Å². The molecule has 1 N–H and O–H groups in total. The van der Waals surface area contributed by atoms with Crippen molar-refractivity contribution in [2.75, 3.05) is 5.32 Å². The predicted octanol–water partition coefficient (Wildman–Crippen LogP) is 3.96. The van der Waals surface area contributed by atoms with E-state index in [4.69, 9.17) is 16.1 Å². The molecule has 23 heavy (non-hydrogen) atoms. The van der Waals surface area contributed by atoms with Gasteiger partial charge in [0.2, 0.25) is 5.89 Å². The molecule has 0 radical (unpaired) electrons. The number of hydrogen-bond donors (Lipinski definition) is 1. The first-order valence-electron chi connectivity index (χ1n) is 7.61. The molecule has 1 saturated carbocycles. The average molecular weight is 330 g/mol. The number of para-hydroxylation sites is 1. The summed E-state index contributed by atoms with van der Waals surface area (Å²) in [6.07, 6.45) is 4.17. The largest absolute Gasteiger partial charge is 0.357 e. The highest BCUT2D eigenvalue weighted by Crippen LogP contribution is 2.38. The van der Waals surface area contributed by atoms with Gasteiger partial charge >= 0.3 is 0 Å². The Balaban J connectivity index is 1.49. The number of nitrogens with zero attached hydrogens (tertiary/aromatic N) is 4. The van der Waals surface area contributed by atoms with E-state index in [2.05, 4.69) is 20.6 Å². The normalized spacial score (nSPS) is 15.6. The van der Waals surface area contributed by atoms with E-state index in [1.807, 2.05) is 43.5 Å². The van der Waals surface area contributed by atoms with E-state index in [-0.39, 0.29) is 6.04 Å². The number of anilines is 1. The molecule has 0 amide bonds. The van der Waals surface area contributed by atoms with E-state index >= 15 is 0 Å². The zero-order chi connectivity index (χ0) is 15.8. The molecular weight excluding hydrogens is 314 g/mol. The van der Waals surface area contributed by atoms with Crippen molar-refractivity contribution in [1.29, 1.82) is 0 Å². The Morgan fingerprint density at radius 3 is 2.91 bits per heavy atom. The maximum Gasteiger partial charge on any atom is 0.248 e.